The number of hydrogen-bond donors (Lipinski definition) is 2. The maximum atomic E-state index is 10.7. The molecular formula is C6H10N2O. The van der Waals surface area contributed by atoms with E-state index in [0.29, 0.717) is 0 Å². The number of carbonyl (C=O) groups excluding carboxylic acids is 1. The summed E-state index contributed by atoms with van der Waals surface area (Å²) < 4.78 is 0. The molecular weight excluding hydrogens is 116 g/mol. The number of amides is 1. The molecule has 3 nitrogen and oxygen atoms in total. The van der Waals surface area contributed by atoms with Gasteiger partial charge in [-0.2, -0.15) is 0 Å². The molecule has 0 atom stereocenters. The molecule has 9 heavy (non-hydrogen) atoms. The maximum Gasteiger partial charge on any atom is 0.237 e. The molecule has 0 aromatic carbocycles. The first-order valence-electron chi connectivity index (χ1n) is 3.28. The molecule has 2 bridgehead atoms. The molecule has 1 saturated carbocycles. The fraction of sp³-hybridized carbons (Fsp3) is 0.833. The predicted molar refractivity (Wildman–Crippen MR) is 32.7 cm³/mol. The van der Waals surface area contributed by atoms with Crippen molar-refractivity contribution in [3.05, 3.63) is 0 Å². The number of fused-ring (bicyclic) bond motifs is 1. The van der Waals surface area contributed by atoms with Gasteiger partial charge in [0.15, 0.2) is 0 Å². The third-order valence-electron chi connectivity index (χ3n) is 2.48. The zero-order valence-corrected chi connectivity index (χ0v) is 5.18. The van der Waals surface area contributed by atoms with Gasteiger partial charge in [-0.15, -0.1) is 0 Å². The zero-order chi connectivity index (χ0) is 6.48. The fourth-order valence-electron chi connectivity index (χ4n) is 1.84. The second-order valence-electron chi connectivity index (χ2n) is 3.10. The molecule has 2 saturated heterocycles. The Morgan fingerprint density at radius 1 is 1.67 bits per heavy atom. The summed E-state index contributed by atoms with van der Waals surface area (Å²) in [7, 11) is 0. The fourth-order valence-corrected chi connectivity index (χ4v) is 1.84. The summed E-state index contributed by atoms with van der Waals surface area (Å²) >= 11 is 0. The van der Waals surface area contributed by atoms with E-state index in [9.17, 15) is 4.79 Å². The molecule has 0 unspecified atom stereocenters. The number of nitrogens with two attached hydrogens (primary N) is 1. The Kier molecular flexibility index (Phi) is 0.750. The summed E-state index contributed by atoms with van der Waals surface area (Å²) in [4.78, 5) is 10.7. The molecule has 2 aliphatic heterocycles. The third-order valence-corrected chi connectivity index (χ3v) is 2.48. The lowest BCUT2D eigenvalue weighted by atomic mass is 9.73. The summed E-state index contributed by atoms with van der Waals surface area (Å²) in [5.41, 5.74) is 4.90. The van der Waals surface area contributed by atoms with E-state index in [0.717, 1.165) is 25.3 Å². The van der Waals surface area contributed by atoms with Gasteiger partial charge in [-0.1, -0.05) is 0 Å². The minimum atomic E-state index is -0.273. The number of nitrogens with one attached hydrogen (secondary N) is 1. The van der Waals surface area contributed by atoms with E-state index in [1.807, 2.05) is 0 Å². The lowest BCUT2D eigenvalue weighted by Crippen LogP contribution is -2.54. The molecule has 0 aromatic rings. The van der Waals surface area contributed by atoms with Gasteiger partial charge in [-0.3, -0.25) is 4.79 Å². The van der Waals surface area contributed by atoms with Crippen molar-refractivity contribution >= 4 is 5.91 Å². The van der Waals surface area contributed by atoms with E-state index >= 15 is 0 Å². The largest absolute Gasteiger partial charge is 0.368 e. The third kappa shape index (κ3) is 0.477. The van der Waals surface area contributed by atoms with Crippen molar-refractivity contribution < 1.29 is 4.79 Å². The van der Waals surface area contributed by atoms with Crippen molar-refractivity contribution in [1.29, 1.82) is 0 Å². The second-order valence-corrected chi connectivity index (χ2v) is 3.10. The molecule has 2 heterocycles. The van der Waals surface area contributed by atoms with E-state index in [-0.39, 0.29) is 11.4 Å². The molecule has 0 radical (unpaired) electrons. The molecule has 3 N–H and O–H groups in total. The molecule has 50 valence electrons. The summed E-state index contributed by atoms with van der Waals surface area (Å²) in [6.45, 7) is 0.989. The number of primary amides is 1. The topological polar surface area (TPSA) is 55.1 Å². The number of hydrogen-bond acceptors (Lipinski definition) is 2. The second kappa shape index (κ2) is 1.29. The van der Waals surface area contributed by atoms with Gasteiger partial charge in [0.05, 0.1) is 5.54 Å². The SMILES string of the molecule is NC(=O)C12CC(CN1)C2. The average Bonchev–Trinajstić information content (AvgIpc) is 2.13. The number of rotatable bonds is 1. The quantitative estimate of drug-likeness (QED) is 0.484. The van der Waals surface area contributed by atoms with Gasteiger partial charge >= 0.3 is 0 Å². The van der Waals surface area contributed by atoms with Gasteiger partial charge < -0.3 is 11.1 Å². The van der Waals surface area contributed by atoms with Crippen molar-refractivity contribution in [2.75, 3.05) is 6.54 Å². The first-order chi connectivity index (χ1) is 4.23. The van der Waals surface area contributed by atoms with Crippen LogP contribution in [0.2, 0.25) is 0 Å². The summed E-state index contributed by atoms with van der Waals surface area (Å²) in [6.07, 6.45) is 1.95. The van der Waals surface area contributed by atoms with Crippen LogP contribution in [0, 0.1) is 5.92 Å². The lowest BCUT2D eigenvalue weighted by Gasteiger charge is -2.33. The first-order valence-corrected chi connectivity index (χ1v) is 3.28. The predicted octanol–water partition coefficient (Wildman–Crippen LogP) is -0.776. The van der Waals surface area contributed by atoms with Crippen LogP contribution in [0.1, 0.15) is 12.8 Å². The standard InChI is InChI=1S/C6H10N2O/c7-5(9)6-1-4(2-6)3-8-6/h4,8H,1-3H2,(H2,7,9). The van der Waals surface area contributed by atoms with Crippen LogP contribution in [-0.2, 0) is 4.79 Å². The van der Waals surface area contributed by atoms with E-state index in [1.165, 1.54) is 0 Å². The normalized spacial score (nSPS) is 46.4. The Labute approximate surface area is 53.6 Å². The first kappa shape index (κ1) is 5.23. The van der Waals surface area contributed by atoms with Crippen molar-refractivity contribution in [1.82, 2.24) is 5.32 Å². The highest BCUT2D eigenvalue weighted by Gasteiger charge is 2.54. The molecule has 3 fully saturated rings. The highest BCUT2D eigenvalue weighted by atomic mass is 16.1. The van der Waals surface area contributed by atoms with Gasteiger partial charge in [-0.25, -0.2) is 0 Å². The molecule has 0 spiro atoms. The molecule has 3 aliphatic rings. The van der Waals surface area contributed by atoms with Crippen LogP contribution in [0.3, 0.4) is 0 Å². The Morgan fingerprint density at radius 2 is 2.33 bits per heavy atom. The van der Waals surface area contributed by atoms with Crippen molar-refractivity contribution in [3.8, 4) is 0 Å². The molecule has 0 aromatic heterocycles. The Balaban J connectivity index is 2.19. The Hall–Kier alpha value is -0.570. The molecule has 3 heteroatoms. The average molecular weight is 126 g/mol. The van der Waals surface area contributed by atoms with Gasteiger partial charge in [0.2, 0.25) is 5.91 Å². The minimum Gasteiger partial charge on any atom is -0.368 e. The van der Waals surface area contributed by atoms with Crippen LogP contribution in [0.15, 0.2) is 0 Å². The van der Waals surface area contributed by atoms with E-state index < -0.39 is 0 Å². The van der Waals surface area contributed by atoms with E-state index in [1.54, 1.807) is 0 Å². The monoisotopic (exact) mass is 126 g/mol. The zero-order valence-electron chi connectivity index (χ0n) is 5.18. The van der Waals surface area contributed by atoms with E-state index in [2.05, 4.69) is 5.32 Å². The van der Waals surface area contributed by atoms with Crippen LogP contribution >= 0.6 is 0 Å². The maximum absolute atomic E-state index is 10.7. The van der Waals surface area contributed by atoms with Crippen LogP contribution in [0.25, 0.3) is 0 Å². The van der Waals surface area contributed by atoms with E-state index in [4.69, 9.17) is 5.73 Å². The Morgan fingerprint density at radius 3 is 2.56 bits per heavy atom. The van der Waals surface area contributed by atoms with Gasteiger partial charge in [-0.05, 0) is 25.3 Å². The van der Waals surface area contributed by atoms with Crippen molar-refractivity contribution in [3.63, 3.8) is 0 Å². The van der Waals surface area contributed by atoms with Crippen LogP contribution in [0.5, 0.6) is 0 Å². The smallest absolute Gasteiger partial charge is 0.237 e. The highest BCUT2D eigenvalue weighted by molar-refractivity contribution is 5.86. The highest BCUT2D eigenvalue weighted by Crippen LogP contribution is 2.42. The summed E-state index contributed by atoms with van der Waals surface area (Å²) in [5, 5.41) is 3.13. The Bertz CT molecular complexity index is 155. The van der Waals surface area contributed by atoms with Crippen LogP contribution < -0.4 is 11.1 Å². The van der Waals surface area contributed by atoms with Crippen LogP contribution in [0.4, 0.5) is 0 Å². The molecule has 3 rings (SSSR count). The molecule has 1 aliphatic carbocycles. The van der Waals surface area contributed by atoms with Crippen molar-refractivity contribution in [2.24, 2.45) is 11.7 Å². The van der Waals surface area contributed by atoms with Crippen molar-refractivity contribution in [2.45, 2.75) is 18.4 Å². The van der Waals surface area contributed by atoms with Gasteiger partial charge in [0, 0.05) is 0 Å². The van der Waals surface area contributed by atoms with Gasteiger partial charge in [0.25, 0.3) is 0 Å². The summed E-state index contributed by atoms with van der Waals surface area (Å²) in [6, 6.07) is 0. The lowest BCUT2D eigenvalue weighted by molar-refractivity contribution is -0.126. The van der Waals surface area contributed by atoms with Gasteiger partial charge in [0.1, 0.15) is 0 Å². The molecule has 1 amide bonds. The number of carbonyl (C=O) groups is 1. The summed E-state index contributed by atoms with van der Waals surface area (Å²) in [5.74, 6) is 0.564. The van der Waals surface area contributed by atoms with Crippen LogP contribution in [-0.4, -0.2) is 18.0 Å². The minimum absolute atomic E-state index is 0.170.